The molecule has 1 fully saturated rings. The van der Waals surface area contributed by atoms with Gasteiger partial charge in [0, 0.05) is 20.0 Å². The van der Waals surface area contributed by atoms with Gasteiger partial charge >= 0.3 is 5.97 Å². The first kappa shape index (κ1) is 19.2. The van der Waals surface area contributed by atoms with E-state index in [2.05, 4.69) is 0 Å². The molecule has 0 N–H and O–H groups in total. The molecule has 0 atom stereocenters. The van der Waals surface area contributed by atoms with Crippen molar-refractivity contribution in [2.45, 2.75) is 11.8 Å². The first-order chi connectivity index (χ1) is 11.8. The minimum atomic E-state index is -4.20. The molecule has 1 saturated heterocycles. The molecule has 1 heterocycles. The van der Waals surface area contributed by atoms with Crippen molar-refractivity contribution < 1.29 is 32.3 Å². The fourth-order valence-electron chi connectivity index (χ4n) is 2.20. The molecule has 1 aliphatic rings. The van der Waals surface area contributed by atoms with Gasteiger partial charge in [-0.15, -0.1) is 0 Å². The first-order valence-corrected chi connectivity index (χ1v) is 8.99. The molecule has 1 aromatic rings. The monoisotopic (exact) mass is 372 g/mol. The van der Waals surface area contributed by atoms with Crippen molar-refractivity contribution in [1.29, 1.82) is 0 Å². The van der Waals surface area contributed by atoms with Crippen LogP contribution >= 0.6 is 0 Å². The van der Waals surface area contributed by atoms with Gasteiger partial charge in [-0.05, 0) is 28.7 Å². The minimum absolute atomic E-state index is 0.121. The lowest BCUT2D eigenvalue weighted by molar-refractivity contribution is -0.170. The lowest BCUT2D eigenvalue weighted by atomic mass is 10.3. The summed E-state index contributed by atoms with van der Waals surface area (Å²) in [5.74, 6) is -0.837. The highest BCUT2D eigenvalue weighted by atomic mass is 32.2. The van der Waals surface area contributed by atoms with E-state index in [1.54, 1.807) is 0 Å². The fourth-order valence-corrected chi connectivity index (χ4v) is 3.40. The summed E-state index contributed by atoms with van der Waals surface area (Å²) in [4.78, 5) is 29.7. The zero-order chi connectivity index (χ0) is 18.4. The van der Waals surface area contributed by atoms with Crippen LogP contribution in [0.15, 0.2) is 29.2 Å². The number of sulfonamides is 1. The SMILES string of the molecule is COc1ccc(S(=O)(=O)N(CC(=O)N2CCOCC2)OC(C)=O)cc1. The molecule has 138 valence electrons. The van der Waals surface area contributed by atoms with E-state index in [4.69, 9.17) is 14.3 Å². The molecule has 0 spiro atoms. The van der Waals surface area contributed by atoms with Gasteiger partial charge in [0.2, 0.25) is 5.91 Å². The van der Waals surface area contributed by atoms with Gasteiger partial charge in [-0.2, -0.15) is 0 Å². The molecule has 0 unspecified atom stereocenters. The Hall–Kier alpha value is -2.17. The summed E-state index contributed by atoms with van der Waals surface area (Å²) in [5.41, 5.74) is 0. The first-order valence-electron chi connectivity index (χ1n) is 7.55. The van der Waals surface area contributed by atoms with Crippen LogP contribution in [0.5, 0.6) is 5.75 Å². The number of hydrogen-bond donors (Lipinski definition) is 0. The van der Waals surface area contributed by atoms with E-state index in [1.165, 1.54) is 36.3 Å². The summed E-state index contributed by atoms with van der Waals surface area (Å²) in [5, 5.41) is 0. The topological polar surface area (TPSA) is 102 Å². The number of rotatable bonds is 6. The van der Waals surface area contributed by atoms with E-state index in [1.807, 2.05) is 0 Å². The van der Waals surface area contributed by atoms with Crippen LogP contribution in [0, 0.1) is 0 Å². The number of hydrogen-bond acceptors (Lipinski definition) is 7. The van der Waals surface area contributed by atoms with Gasteiger partial charge in [0.15, 0.2) is 0 Å². The lowest BCUT2D eigenvalue weighted by Crippen LogP contribution is -2.47. The third-order valence-electron chi connectivity index (χ3n) is 3.48. The van der Waals surface area contributed by atoms with Crippen molar-refractivity contribution in [3.63, 3.8) is 0 Å². The average Bonchev–Trinajstić information content (AvgIpc) is 2.61. The molecule has 1 amide bonds. The molecule has 9 nitrogen and oxygen atoms in total. The van der Waals surface area contributed by atoms with Crippen molar-refractivity contribution in [2.24, 2.45) is 0 Å². The van der Waals surface area contributed by atoms with Crippen LogP contribution in [0.1, 0.15) is 6.92 Å². The number of amides is 1. The molecule has 10 heteroatoms. The Morgan fingerprint density at radius 3 is 2.32 bits per heavy atom. The Labute approximate surface area is 146 Å². The Balaban J connectivity index is 2.21. The van der Waals surface area contributed by atoms with E-state index in [9.17, 15) is 18.0 Å². The van der Waals surface area contributed by atoms with Crippen LogP contribution < -0.4 is 4.74 Å². The van der Waals surface area contributed by atoms with Gasteiger partial charge in [0.05, 0.1) is 25.2 Å². The van der Waals surface area contributed by atoms with E-state index < -0.39 is 28.4 Å². The van der Waals surface area contributed by atoms with Crippen molar-refractivity contribution in [3.8, 4) is 5.75 Å². The Morgan fingerprint density at radius 2 is 1.80 bits per heavy atom. The van der Waals surface area contributed by atoms with Crippen LogP contribution in [-0.2, 0) is 29.2 Å². The van der Waals surface area contributed by atoms with Crippen molar-refractivity contribution in [1.82, 2.24) is 9.37 Å². The predicted molar refractivity (Wildman–Crippen MR) is 86.1 cm³/mol. The zero-order valence-electron chi connectivity index (χ0n) is 14.0. The highest BCUT2D eigenvalue weighted by Crippen LogP contribution is 2.20. The van der Waals surface area contributed by atoms with Crippen LogP contribution in [0.2, 0.25) is 0 Å². The predicted octanol–water partition coefficient (Wildman–Crippen LogP) is 0.0228. The fraction of sp³-hybridized carbons (Fsp3) is 0.467. The molecule has 0 aliphatic carbocycles. The van der Waals surface area contributed by atoms with Gasteiger partial charge in [0.25, 0.3) is 10.0 Å². The molecule has 25 heavy (non-hydrogen) atoms. The molecule has 0 bridgehead atoms. The summed E-state index contributed by atoms with van der Waals surface area (Å²) >= 11 is 0. The number of nitrogens with zero attached hydrogens (tertiary/aromatic N) is 2. The van der Waals surface area contributed by atoms with Gasteiger partial charge in [0.1, 0.15) is 12.3 Å². The number of ether oxygens (including phenoxy) is 2. The molecule has 2 rings (SSSR count). The maximum Gasteiger partial charge on any atom is 0.323 e. The van der Waals surface area contributed by atoms with E-state index in [0.29, 0.717) is 36.5 Å². The Kier molecular flexibility index (Phi) is 6.34. The molecule has 1 aliphatic heterocycles. The molecule has 1 aromatic carbocycles. The Bertz CT molecular complexity index is 712. The smallest absolute Gasteiger partial charge is 0.323 e. The lowest BCUT2D eigenvalue weighted by Gasteiger charge is -2.28. The third kappa shape index (κ3) is 4.91. The second-order valence-corrected chi connectivity index (χ2v) is 7.05. The second-order valence-electron chi connectivity index (χ2n) is 5.22. The highest BCUT2D eigenvalue weighted by molar-refractivity contribution is 7.89. The number of hydroxylamine groups is 1. The number of carbonyl (C=O) groups excluding carboxylic acids is 2. The molecular formula is C15H20N2O7S. The maximum absolute atomic E-state index is 12.7. The third-order valence-corrected chi connectivity index (χ3v) is 5.09. The average molecular weight is 372 g/mol. The molecule has 0 saturated carbocycles. The molecule has 0 aromatic heterocycles. The van der Waals surface area contributed by atoms with Crippen LogP contribution in [0.3, 0.4) is 0 Å². The number of carbonyl (C=O) groups is 2. The summed E-state index contributed by atoms with van der Waals surface area (Å²) < 4.78 is 35.9. The van der Waals surface area contributed by atoms with Crippen LogP contribution in [0.4, 0.5) is 0 Å². The quantitative estimate of drug-likeness (QED) is 0.649. The van der Waals surface area contributed by atoms with E-state index in [-0.39, 0.29) is 4.90 Å². The van der Waals surface area contributed by atoms with Crippen molar-refractivity contribution >= 4 is 21.9 Å². The summed E-state index contributed by atoms with van der Waals surface area (Å²) in [6, 6.07) is 5.54. The van der Waals surface area contributed by atoms with Crippen molar-refractivity contribution in [3.05, 3.63) is 24.3 Å². The summed E-state index contributed by atoms with van der Waals surface area (Å²) in [6.07, 6.45) is 0. The standard InChI is InChI=1S/C15H20N2O7S/c1-12(18)24-17(11-15(19)16-7-9-23-10-8-16)25(20,21)14-5-3-13(22-2)4-6-14/h3-6H,7-11H2,1-2H3. The van der Waals surface area contributed by atoms with E-state index >= 15 is 0 Å². The maximum atomic E-state index is 12.7. The van der Waals surface area contributed by atoms with E-state index in [0.717, 1.165) is 6.92 Å². The van der Waals surface area contributed by atoms with Gasteiger partial charge in [-0.25, -0.2) is 8.42 Å². The summed E-state index contributed by atoms with van der Waals surface area (Å²) in [6.45, 7) is 1.93. The number of methoxy groups -OCH3 is 1. The van der Waals surface area contributed by atoms with Crippen molar-refractivity contribution in [2.75, 3.05) is 40.0 Å². The zero-order valence-corrected chi connectivity index (χ0v) is 14.8. The van der Waals surface area contributed by atoms with Gasteiger partial charge in [-0.1, -0.05) is 0 Å². The van der Waals surface area contributed by atoms with Crippen LogP contribution in [-0.4, -0.2) is 69.6 Å². The van der Waals surface area contributed by atoms with Gasteiger partial charge < -0.3 is 19.2 Å². The summed E-state index contributed by atoms with van der Waals surface area (Å²) in [7, 11) is -2.74. The molecular weight excluding hydrogens is 352 g/mol. The number of morpholine rings is 1. The highest BCUT2D eigenvalue weighted by Gasteiger charge is 2.32. The normalized spacial score (nSPS) is 15.1. The van der Waals surface area contributed by atoms with Crippen LogP contribution in [0.25, 0.3) is 0 Å². The minimum Gasteiger partial charge on any atom is -0.497 e. The number of benzene rings is 1. The second kappa shape index (κ2) is 8.28. The van der Waals surface area contributed by atoms with Gasteiger partial charge in [-0.3, -0.25) is 9.59 Å². The largest absolute Gasteiger partial charge is 0.497 e. The Morgan fingerprint density at radius 1 is 1.20 bits per heavy atom. The molecule has 0 radical (unpaired) electrons.